The van der Waals surface area contributed by atoms with E-state index in [0.29, 0.717) is 5.92 Å². The monoisotopic (exact) mass is 222 g/mol. The van der Waals surface area contributed by atoms with Gasteiger partial charge in [-0.2, -0.15) is 0 Å². The Kier molecular flexibility index (Phi) is 3.24. The van der Waals surface area contributed by atoms with E-state index >= 15 is 0 Å². The standard InChI is InChI=1S/C11H18N4O/c1-8-3-4-15(9(8)6-16)11-5-10(12-2)13-7-14-11/h5,7-9,16H,3-4,6H2,1-2H3,(H,12,13,14). The molecule has 1 fully saturated rings. The van der Waals surface area contributed by atoms with E-state index in [1.54, 1.807) is 6.33 Å². The van der Waals surface area contributed by atoms with E-state index in [-0.39, 0.29) is 12.6 Å². The first-order valence-corrected chi connectivity index (χ1v) is 5.63. The van der Waals surface area contributed by atoms with Gasteiger partial charge >= 0.3 is 0 Å². The van der Waals surface area contributed by atoms with E-state index in [9.17, 15) is 5.11 Å². The molecule has 0 aromatic carbocycles. The van der Waals surface area contributed by atoms with Crippen LogP contribution in [0.4, 0.5) is 11.6 Å². The molecule has 1 aromatic heterocycles. The van der Waals surface area contributed by atoms with Gasteiger partial charge in [-0.25, -0.2) is 9.97 Å². The van der Waals surface area contributed by atoms with Crippen molar-refractivity contribution >= 4 is 11.6 Å². The molecule has 0 bridgehead atoms. The number of anilines is 2. The van der Waals surface area contributed by atoms with Crippen LogP contribution in [-0.2, 0) is 0 Å². The maximum Gasteiger partial charge on any atom is 0.134 e. The lowest BCUT2D eigenvalue weighted by atomic mass is 10.0. The van der Waals surface area contributed by atoms with Crippen LogP contribution in [0.3, 0.4) is 0 Å². The fraction of sp³-hybridized carbons (Fsp3) is 0.636. The van der Waals surface area contributed by atoms with E-state index < -0.39 is 0 Å². The Morgan fingerprint density at radius 1 is 1.56 bits per heavy atom. The van der Waals surface area contributed by atoms with Gasteiger partial charge in [0.2, 0.25) is 0 Å². The van der Waals surface area contributed by atoms with Crippen LogP contribution in [0.2, 0.25) is 0 Å². The lowest BCUT2D eigenvalue weighted by Gasteiger charge is -2.26. The van der Waals surface area contributed by atoms with E-state index in [1.165, 1.54) is 0 Å². The molecular weight excluding hydrogens is 204 g/mol. The normalized spacial score (nSPS) is 24.8. The fourth-order valence-electron chi connectivity index (χ4n) is 2.21. The second-order valence-electron chi connectivity index (χ2n) is 4.22. The first-order valence-electron chi connectivity index (χ1n) is 5.63. The molecule has 5 nitrogen and oxygen atoms in total. The first-order chi connectivity index (χ1) is 7.76. The van der Waals surface area contributed by atoms with Crippen molar-refractivity contribution in [3.8, 4) is 0 Å². The predicted octanol–water partition coefficient (Wildman–Crippen LogP) is 0.725. The molecule has 2 heterocycles. The van der Waals surface area contributed by atoms with Crippen LogP contribution in [-0.4, -0.2) is 41.3 Å². The molecule has 2 rings (SSSR count). The number of nitrogens with one attached hydrogen (secondary N) is 1. The highest BCUT2D eigenvalue weighted by Gasteiger charge is 2.31. The molecule has 16 heavy (non-hydrogen) atoms. The maximum absolute atomic E-state index is 9.39. The molecule has 0 aliphatic carbocycles. The number of hydrogen-bond acceptors (Lipinski definition) is 5. The molecule has 1 aliphatic rings. The van der Waals surface area contributed by atoms with Crippen molar-refractivity contribution in [1.29, 1.82) is 0 Å². The summed E-state index contributed by atoms with van der Waals surface area (Å²) in [6.07, 6.45) is 2.66. The molecule has 0 amide bonds. The molecule has 0 spiro atoms. The van der Waals surface area contributed by atoms with Gasteiger partial charge in [-0.1, -0.05) is 6.92 Å². The highest BCUT2D eigenvalue weighted by atomic mass is 16.3. The van der Waals surface area contributed by atoms with Crippen LogP contribution < -0.4 is 10.2 Å². The average Bonchev–Trinajstić information content (AvgIpc) is 2.70. The summed E-state index contributed by atoms with van der Waals surface area (Å²) in [5, 5.41) is 12.4. The van der Waals surface area contributed by atoms with Gasteiger partial charge in [0.15, 0.2) is 0 Å². The average molecular weight is 222 g/mol. The first kappa shape index (κ1) is 11.1. The number of aliphatic hydroxyl groups is 1. The van der Waals surface area contributed by atoms with Gasteiger partial charge in [-0.3, -0.25) is 0 Å². The third-order valence-electron chi connectivity index (χ3n) is 3.27. The van der Waals surface area contributed by atoms with Crippen LogP contribution in [0.15, 0.2) is 12.4 Å². The minimum absolute atomic E-state index is 0.180. The third kappa shape index (κ3) is 1.95. The van der Waals surface area contributed by atoms with Gasteiger partial charge in [0.1, 0.15) is 18.0 Å². The van der Waals surface area contributed by atoms with Crippen molar-refractivity contribution < 1.29 is 5.11 Å². The summed E-state index contributed by atoms with van der Waals surface area (Å²) in [6, 6.07) is 2.10. The SMILES string of the molecule is CNc1cc(N2CCC(C)C2CO)ncn1. The van der Waals surface area contributed by atoms with Gasteiger partial charge in [0.25, 0.3) is 0 Å². The summed E-state index contributed by atoms with van der Waals surface area (Å²) in [5.74, 6) is 2.21. The lowest BCUT2D eigenvalue weighted by Crippen LogP contribution is -2.35. The molecule has 1 aromatic rings. The highest BCUT2D eigenvalue weighted by Crippen LogP contribution is 2.28. The summed E-state index contributed by atoms with van der Waals surface area (Å²) in [6.45, 7) is 3.30. The topological polar surface area (TPSA) is 61.3 Å². The Morgan fingerprint density at radius 2 is 2.38 bits per heavy atom. The molecule has 2 N–H and O–H groups in total. The Morgan fingerprint density at radius 3 is 3.06 bits per heavy atom. The Bertz CT molecular complexity index is 358. The molecule has 0 radical (unpaired) electrons. The van der Waals surface area contributed by atoms with Crippen molar-refractivity contribution in [2.75, 3.05) is 30.4 Å². The summed E-state index contributed by atoms with van der Waals surface area (Å²) >= 11 is 0. The number of nitrogens with zero attached hydrogens (tertiary/aromatic N) is 3. The smallest absolute Gasteiger partial charge is 0.134 e. The van der Waals surface area contributed by atoms with Crippen molar-refractivity contribution in [1.82, 2.24) is 9.97 Å². The quantitative estimate of drug-likeness (QED) is 0.789. The zero-order valence-electron chi connectivity index (χ0n) is 9.72. The summed E-state index contributed by atoms with van der Waals surface area (Å²) < 4.78 is 0. The third-order valence-corrected chi connectivity index (χ3v) is 3.27. The van der Waals surface area contributed by atoms with Crippen molar-refractivity contribution in [3.63, 3.8) is 0 Å². The van der Waals surface area contributed by atoms with E-state index in [4.69, 9.17) is 0 Å². The number of aromatic nitrogens is 2. The zero-order valence-corrected chi connectivity index (χ0v) is 9.72. The molecule has 2 atom stereocenters. The second-order valence-corrected chi connectivity index (χ2v) is 4.22. The Balaban J connectivity index is 2.22. The molecule has 1 aliphatic heterocycles. The highest BCUT2D eigenvalue weighted by molar-refractivity contribution is 5.49. The minimum Gasteiger partial charge on any atom is -0.394 e. The van der Waals surface area contributed by atoms with Crippen LogP contribution in [0.1, 0.15) is 13.3 Å². The van der Waals surface area contributed by atoms with Crippen LogP contribution >= 0.6 is 0 Å². The fourth-order valence-corrected chi connectivity index (χ4v) is 2.21. The molecule has 0 saturated carbocycles. The largest absolute Gasteiger partial charge is 0.394 e. The zero-order chi connectivity index (χ0) is 11.5. The van der Waals surface area contributed by atoms with Crippen LogP contribution in [0.5, 0.6) is 0 Å². The molecule has 2 unspecified atom stereocenters. The van der Waals surface area contributed by atoms with E-state index in [0.717, 1.165) is 24.6 Å². The number of aliphatic hydroxyl groups excluding tert-OH is 1. The Hall–Kier alpha value is -1.36. The van der Waals surface area contributed by atoms with Crippen LogP contribution in [0, 0.1) is 5.92 Å². The maximum atomic E-state index is 9.39. The number of rotatable bonds is 3. The van der Waals surface area contributed by atoms with Crippen molar-refractivity contribution in [2.24, 2.45) is 5.92 Å². The Labute approximate surface area is 95.5 Å². The van der Waals surface area contributed by atoms with Crippen molar-refractivity contribution in [2.45, 2.75) is 19.4 Å². The predicted molar refractivity (Wildman–Crippen MR) is 63.6 cm³/mol. The van der Waals surface area contributed by atoms with Gasteiger partial charge in [0, 0.05) is 19.7 Å². The van der Waals surface area contributed by atoms with Crippen LogP contribution in [0.25, 0.3) is 0 Å². The second kappa shape index (κ2) is 4.65. The van der Waals surface area contributed by atoms with Gasteiger partial charge < -0.3 is 15.3 Å². The van der Waals surface area contributed by atoms with Gasteiger partial charge in [-0.05, 0) is 12.3 Å². The van der Waals surface area contributed by atoms with E-state index in [1.807, 2.05) is 13.1 Å². The van der Waals surface area contributed by atoms with E-state index in [2.05, 4.69) is 27.1 Å². The van der Waals surface area contributed by atoms with Gasteiger partial charge in [-0.15, -0.1) is 0 Å². The summed E-state index contributed by atoms with van der Waals surface area (Å²) in [4.78, 5) is 10.5. The molecule has 1 saturated heterocycles. The summed E-state index contributed by atoms with van der Waals surface area (Å²) in [7, 11) is 1.84. The lowest BCUT2D eigenvalue weighted by molar-refractivity contribution is 0.244. The molecule has 88 valence electrons. The van der Waals surface area contributed by atoms with Gasteiger partial charge in [0.05, 0.1) is 12.6 Å². The number of hydrogen-bond donors (Lipinski definition) is 2. The minimum atomic E-state index is 0.180. The van der Waals surface area contributed by atoms with Crippen molar-refractivity contribution in [3.05, 3.63) is 12.4 Å². The molecule has 5 heteroatoms. The molecular formula is C11H18N4O. The summed E-state index contributed by atoms with van der Waals surface area (Å²) in [5.41, 5.74) is 0.